The summed E-state index contributed by atoms with van der Waals surface area (Å²) in [6.07, 6.45) is 3.18. The Hall–Kier alpha value is -4.97. The highest BCUT2D eigenvalue weighted by Gasteiger charge is 2.22. The number of ketones is 1. The van der Waals surface area contributed by atoms with Gasteiger partial charge in [-0.3, -0.25) is 24.1 Å². The minimum absolute atomic E-state index is 0.00503. The Balaban J connectivity index is 1.15. The van der Waals surface area contributed by atoms with Gasteiger partial charge in [-0.1, -0.05) is 57.2 Å². The molecule has 1 fully saturated rings. The molecule has 0 spiro atoms. The summed E-state index contributed by atoms with van der Waals surface area (Å²) in [4.78, 5) is 60.4. The zero-order valence-corrected chi connectivity index (χ0v) is 33.2. The number of hydrogen-bond acceptors (Lipinski definition) is 8. The van der Waals surface area contributed by atoms with E-state index >= 15 is 0 Å². The summed E-state index contributed by atoms with van der Waals surface area (Å²) in [5.41, 5.74) is 6.35. The molecule has 2 amide bonds. The van der Waals surface area contributed by atoms with E-state index in [0.29, 0.717) is 80.4 Å². The molecule has 11 nitrogen and oxygen atoms in total. The Labute approximate surface area is 324 Å². The van der Waals surface area contributed by atoms with E-state index < -0.39 is 0 Å². The van der Waals surface area contributed by atoms with Crippen LogP contribution in [0.4, 0.5) is 5.69 Å². The van der Waals surface area contributed by atoms with Crippen LogP contribution in [0.25, 0.3) is 11.3 Å². The van der Waals surface area contributed by atoms with Crippen LogP contribution in [0, 0.1) is 6.92 Å². The second kappa shape index (κ2) is 19.1. The van der Waals surface area contributed by atoms with Gasteiger partial charge in [0, 0.05) is 94.4 Å². The first-order valence-electron chi connectivity index (χ1n) is 19.2. The van der Waals surface area contributed by atoms with Crippen LogP contribution in [0.15, 0.2) is 77.7 Å². The number of aryl methyl sites for hydroxylation is 1. The number of anilines is 1. The number of nitrogens with one attached hydrogen (secondary N) is 1. The molecule has 3 aromatic carbocycles. The molecular weight excluding hydrogens is 695 g/mol. The number of carbonyl (C=O) groups excluding carboxylic acids is 3. The lowest BCUT2D eigenvalue weighted by Gasteiger charge is -2.34. The second-order valence-corrected chi connectivity index (χ2v) is 15.1. The molecular formula is C44H55N5O6. The van der Waals surface area contributed by atoms with E-state index in [1.54, 1.807) is 13.2 Å². The first-order chi connectivity index (χ1) is 26.3. The fourth-order valence-electron chi connectivity index (χ4n) is 6.55. The van der Waals surface area contributed by atoms with Crippen LogP contribution in [-0.2, 0) is 33.2 Å². The number of amides is 2. The van der Waals surface area contributed by atoms with Crippen molar-refractivity contribution in [3.8, 4) is 11.3 Å². The van der Waals surface area contributed by atoms with Gasteiger partial charge in [0.15, 0.2) is 5.78 Å². The molecule has 11 heteroatoms. The zero-order chi connectivity index (χ0) is 39.5. The molecule has 1 aliphatic heterocycles. The average Bonchev–Trinajstić information content (AvgIpc) is 3.17. The van der Waals surface area contributed by atoms with E-state index in [9.17, 15) is 19.2 Å². The van der Waals surface area contributed by atoms with E-state index in [0.717, 1.165) is 41.9 Å². The summed E-state index contributed by atoms with van der Waals surface area (Å²) in [5.74, 6) is -0.110. The maximum Gasteiger partial charge on any atom is 0.272 e. The molecule has 0 atom stereocenters. The number of piperazine rings is 1. The first kappa shape index (κ1) is 41.2. The van der Waals surface area contributed by atoms with Crippen molar-refractivity contribution in [1.82, 2.24) is 19.4 Å². The molecule has 2 heterocycles. The summed E-state index contributed by atoms with van der Waals surface area (Å²) in [6.45, 7) is 15.7. The van der Waals surface area contributed by atoms with Crippen molar-refractivity contribution < 1.29 is 23.9 Å². The van der Waals surface area contributed by atoms with Gasteiger partial charge in [-0.05, 0) is 72.7 Å². The normalized spacial score (nSPS) is 13.5. The van der Waals surface area contributed by atoms with Crippen LogP contribution in [-0.4, -0.2) is 96.1 Å². The summed E-state index contributed by atoms with van der Waals surface area (Å²) < 4.78 is 12.4. The van der Waals surface area contributed by atoms with Gasteiger partial charge in [-0.15, -0.1) is 0 Å². The van der Waals surface area contributed by atoms with E-state index in [-0.39, 0.29) is 35.2 Å². The Bertz CT molecular complexity index is 1990. The van der Waals surface area contributed by atoms with Crippen molar-refractivity contribution in [2.45, 2.75) is 59.3 Å². The molecule has 1 aliphatic rings. The molecule has 4 aromatic rings. The molecule has 0 saturated carbocycles. The van der Waals surface area contributed by atoms with E-state index in [4.69, 9.17) is 14.5 Å². The number of rotatable bonds is 16. The largest absolute Gasteiger partial charge is 0.380 e. The third kappa shape index (κ3) is 11.3. The number of hydrogen-bond donors (Lipinski definition) is 1. The van der Waals surface area contributed by atoms with Crippen molar-refractivity contribution in [3.05, 3.63) is 117 Å². The number of aromatic nitrogens is 2. The maximum atomic E-state index is 13.3. The van der Waals surface area contributed by atoms with Crippen LogP contribution in [0.3, 0.4) is 0 Å². The molecule has 1 saturated heterocycles. The van der Waals surface area contributed by atoms with Gasteiger partial charge in [-0.2, -0.15) is 0 Å². The van der Waals surface area contributed by atoms with E-state index in [2.05, 4.69) is 31.0 Å². The van der Waals surface area contributed by atoms with Crippen molar-refractivity contribution >= 4 is 23.3 Å². The number of Topliss-reactive ketones (excluding diaryl/α,β-unsaturated/α-hetero) is 1. The van der Waals surface area contributed by atoms with Gasteiger partial charge < -0.3 is 24.3 Å². The predicted octanol–water partition coefficient (Wildman–Crippen LogP) is 6.06. The average molecular weight is 750 g/mol. The van der Waals surface area contributed by atoms with Gasteiger partial charge in [0.1, 0.15) is 12.3 Å². The Morgan fingerprint density at radius 3 is 2.24 bits per heavy atom. The van der Waals surface area contributed by atoms with Crippen molar-refractivity contribution in [3.63, 3.8) is 0 Å². The third-order valence-electron chi connectivity index (χ3n) is 10.0. The molecule has 1 aromatic heterocycles. The molecule has 55 heavy (non-hydrogen) atoms. The number of nitrogens with zero attached hydrogens (tertiary/aromatic N) is 4. The van der Waals surface area contributed by atoms with Gasteiger partial charge in [0.2, 0.25) is 0 Å². The highest BCUT2D eigenvalue weighted by Crippen LogP contribution is 2.28. The Morgan fingerprint density at radius 1 is 0.873 bits per heavy atom. The second-order valence-electron chi connectivity index (χ2n) is 15.1. The molecule has 0 aliphatic carbocycles. The first-order valence-corrected chi connectivity index (χ1v) is 19.2. The summed E-state index contributed by atoms with van der Waals surface area (Å²) >= 11 is 0. The predicted molar refractivity (Wildman–Crippen MR) is 216 cm³/mol. The fraction of sp³-hybridized carbons (Fsp3) is 0.432. The molecule has 292 valence electrons. The Kier molecular flexibility index (Phi) is 14.3. The lowest BCUT2D eigenvalue weighted by atomic mass is 9.86. The molecule has 5 rings (SSSR count). The smallest absolute Gasteiger partial charge is 0.272 e. The third-order valence-corrected chi connectivity index (χ3v) is 10.0. The van der Waals surface area contributed by atoms with Crippen molar-refractivity contribution in [2.24, 2.45) is 7.05 Å². The highest BCUT2D eigenvalue weighted by molar-refractivity contribution is 6.05. The molecule has 0 unspecified atom stereocenters. The Morgan fingerprint density at radius 2 is 1.56 bits per heavy atom. The standard InChI is InChI=1S/C44H55N5O6/c1-7-54-30-36(50)10-9-26-55-27-25-48-21-23-49(24-22-48)42(52)34-15-13-32(14-16-34)28-39-43(53)47(6)29-40(45-39)37-11-8-12-38(31(37)2)46-41(51)33-17-19-35(20-18-33)44(3,4)5/h8,11-20,29H,7,9-10,21-28,30H2,1-6H3,(H,46,51). The molecule has 0 bridgehead atoms. The van der Waals surface area contributed by atoms with Crippen LogP contribution in [0.1, 0.15) is 83.6 Å². The van der Waals surface area contributed by atoms with Crippen LogP contribution in [0.2, 0.25) is 0 Å². The number of benzene rings is 3. The number of ether oxygens (including phenoxy) is 2. The topological polar surface area (TPSA) is 123 Å². The number of carbonyl (C=O) groups is 3. The van der Waals surface area contributed by atoms with Gasteiger partial charge in [0.05, 0.1) is 12.3 Å². The van der Waals surface area contributed by atoms with Crippen LogP contribution < -0.4 is 10.9 Å². The summed E-state index contributed by atoms with van der Waals surface area (Å²) in [6, 6.07) is 20.7. The monoisotopic (exact) mass is 749 g/mol. The highest BCUT2D eigenvalue weighted by atomic mass is 16.5. The lowest BCUT2D eigenvalue weighted by molar-refractivity contribution is -0.123. The minimum atomic E-state index is -0.198. The van der Waals surface area contributed by atoms with Gasteiger partial charge >= 0.3 is 0 Å². The van der Waals surface area contributed by atoms with Crippen LogP contribution >= 0.6 is 0 Å². The fourth-order valence-corrected chi connectivity index (χ4v) is 6.55. The molecule has 0 radical (unpaired) electrons. The molecule has 1 N–H and O–H groups in total. The van der Waals surface area contributed by atoms with Crippen molar-refractivity contribution in [2.75, 3.05) is 64.5 Å². The lowest BCUT2D eigenvalue weighted by Crippen LogP contribution is -2.49. The van der Waals surface area contributed by atoms with E-state index in [1.165, 1.54) is 4.57 Å². The van der Waals surface area contributed by atoms with E-state index in [1.807, 2.05) is 85.5 Å². The summed E-state index contributed by atoms with van der Waals surface area (Å²) in [7, 11) is 1.71. The van der Waals surface area contributed by atoms with Gasteiger partial charge in [-0.25, -0.2) is 4.98 Å². The zero-order valence-electron chi connectivity index (χ0n) is 33.2. The quantitative estimate of drug-likeness (QED) is 0.137. The SMILES string of the molecule is CCOCC(=O)CCCOCCN1CCN(C(=O)c2ccc(Cc3nc(-c4cccc(NC(=O)c5ccc(C(C)(C)C)cc5)c4C)cn(C)c3=O)cc2)CC1. The summed E-state index contributed by atoms with van der Waals surface area (Å²) in [5, 5.41) is 3.05. The van der Waals surface area contributed by atoms with Gasteiger partial charge in [0.25, 0.3) is 17.4 Å². The van der Waals surface area contributed by atoms with Crippen LogP contribution in [0.5, 0.6) is 0 Å². The van der Waals surface area contributed by atoms with Crippen molar-refractivity contribution in [1.29, 1.82) is 0 Å². The maximum absolute atomic E-state index is 13.3. The minimum Gasteiger partial charge on any atom is -0.380 e.